The lowest BCUT2D eigenvalue weighted by Gasteiger charge is -2.40. The summed E-state index contributed by atoms with van der Waals surface area (Å²) < 4.78 is 112. The van der Waals surface area contributed by atoms with Gasteiger partial charge < -0.3 is 9.64 Å². The average molecular weight is 543 g/mol. The van der Waals surface area contributed by atoms with Crippen LogP contribution in [0.1, 0.15) is 18.4 Å². The first-order chi connectivity index (χ1) is 17.4. The van der Waals surface area contributed by atoms with Crippen molar-refractivity contribution in [2.45, 2.75) is 36.6 Å². The maximum absolute atomic E-state index is 14.2. The molecule has 0 aromatic heterocycles. The lowest BCUT2D eigenvalue weighted by Crippen LogP contribution is -2.48. The van der Waals surface area contributed by atoms with Gasteiger partial charge in [-0.3, -0.25) is 4.31 Å². The second kappa shape index (κ2) is 9.16. The van der Waals surface area contributed by atoms with Gasteiger partial charge in [-0.15, -0.1) is 0 Å². The second-order valence-electron chi connectivity index (χ2n) is 8.81. The van der Waals surface area contributed by atoms with E-state index in [1.807, 2.05) is 4.90 Å². The highest BCUT2D eigenvalue weighted by Gasteiger charge is 2.40. The summed E-state index contributed by atoms with van der Waals surface area (Å²) in [6.07, 6.45) is -3.22. The quantitative estimate of drug-likeness (QED) is 0.356. The number of halogens is 6. The van der Waals surface area contributed by atoms with Gasteiger partial charge in [-0.2, -0.15) is 22.0 Å². The molecule has 37 heavy (non-hydrogen) atoms. The predicted octanol–water partition coefficient (Wildman–Crippen LogP) is 6.29. The van der Waals surface area contributed by atoms with E-state index >= 15 is 0 Å². The van der Waals surface area contributed by atoms with Crippen LogP contribution >= 0.6 is 0 Å². The van der Waals surface area contributed by atoms with Crippen LogP contribution in [0.25, 0.3) is 11.1 Å². The number of alkyl halides is 5. The number of benzene rings is 3. The minimum atomic E-state index is -4.73. The van der Waals surface area contributed by atoms with Gasteiger partial charge in [0.2, 0.25) is 0 Å². The Bertz CT molecular complexity index is 1440. The van der Waals surface area contributed by atoms with Crippen molar-refractivity contribution in [3.63, 3.8) is 0 Å². The molecule has 0 saturated carbocycles. The summed E-state index contributed by atoms with van der Waals surface area (Å²) in [5.74, 6) is -1.24. The Labute approximate surface area is 208 Å². The van der Waals surface area contributed by atoms with Gasteiger partial charge in [-0.05, 0) is 66.4 Å². The number of rotatable bonds is 5. The molecular weight excluding hydrogens is 522 g/mol. The third kappa shape index (κ3) is 4.81. The first-order valence-electron chi connectivity index (χ1n) is 11.3. The van der Waals surface area contributed by atoms with E-state index in [0.29, 0.717) is 30.3 Å². The van der Waals surface area contributed by atoms with E-state index in [4.69, 9.17) is 0 Å². The van der Waals surface area contributed by atoms with Crippen molar-refractivity contribution in [3.8, 4) is 16.9 Å². The van der Waals surface area contributed by atoms with Crippen molar-refractivity contribution in [2.75, 3.05) is 22.3 Å². The van der Waals surface area contributed by atoms with E-state index < -0.39 is 44.8 Å². The maximum atomic E-state index is 14.2. The Kier molecular flexibility index (Phi) is 6.25. The van der Waals surface area contributed by atoms with E-state index in [1.54, 1.807) is 12.1 Å². The fraction of sp³-hybridized carbons (Fsp3) is 0.280. The molecule has 5 rings (SSSR count). The number of ether oxygens (including phenoxy) is 1. The average Bonchev–Trinajstić information content (AvgIpc) is 3.31. The Morgan fingerprint density at radius 1 is 0.946 bits per heavy atom. The summed E-state index contributed by atoms with van der Waals surface area (Å²) in [6, 6.07) is 11.2. The summed E-state index contributed by atoms with van der Waals surface area (Å²) in [4.78, 5) is 1.53. The zero-order valence-corrected chi connectivity index (χ0v) is 19.9. The summed E-state index contributed by atoms with van der Waals surface area (Å²) in [7, 11) is -4.42. The van der Waals surface area contributed by atoms with Crippen LogP contribution in [0.15, 0.2) is 65.6 Å². The molecule has 0 N–H and O–H groups in total. The molecule has 0 unspecified atom stereocenters. The summed E-state index contributed by atoms with van der Waals surface area (Å²) in [5.41, 5.74) is 0.160. The molecule has 2 aliphatic heterocycles. The first-order valence-corrected chi connectivity index (χ1v) is 12.7. The van der Waals surface area contributed by atoms with E-state index in [2.05, 4.69) is 4.74 Å². The number of hydrogen-bond donors (Lipinski definition) is 0. The van der Waals surface area contributed by atoms with Crippen LogP contribution in [-0.2, 0) is 16.2 Å². The van der Waals surface area contributed by atoms with Crippen LogP contribution in [0, 0.1) is 5.82 Å². The van der Waals surface area contributed by atoms with Crippen molar-refractivity contribution in [2.24, 2.45) is 0 Å². The molecule has 1 atom stereocenters. The van der Waals surface area contributed by atoms with Gasteiger partial charge in [0.25, 0.3) is 10.0 Å². The highest BCUT2D eigenvalue weighted by atomic mass is 32.2. The SMILES string of the molecule is O=S(=O)(c1cccc(C(F)(F)F)c1)N1C[C@@H]2CCCN2c2ccc(-c3cc(F)cc(OC(F)F)c3)cc21. The zero-order chi connectivity index (χ0) is 26.5. The van der Waals surface area contributed by atoms with Crippen LogP contribution in [0.2, 0.25) is 0 Å². The molecule has 0 bridgehead atoms. The van der Waals surface area contributed by atoms with E-state index in [1.165, 1.54) is 12.1 Å². The van der Waals surface area contributed by atoms with Gasteiger partial charge in [-0.25, -0.2) is 12.8 Å². The minimum absolute atomic E-state index is 0.0118. The van der Waals surface area contributed by atoms with E-state index in [0.717, 1.165) is 41.1 Å². The van der Waals surface area contributed by atoms with Gasteiger partial charge in [-0.1, -0.05) is 12.1 Å². The molecule has 3 aromatic carbocycles. The van der Waals surface area contributed by atoms with Crippen molar-refractivity contribution >= 4 is 21.4 Å². The highest BCUT2D eigenvalue weighted by molar-refractivity contribution is 7.92. The largest absolute Gasteiger partial charge is 0.435 e. The Morgan fingerprint density at radius 2 is 1.73 bits per heavy atom. The van der Waals surface area contributed by atoms with Gasteiger partial charge in [0.15, 0.2) is 0 Å². The molecule has 0 radical (unpaired) electrons. The number of fused-ring (bicyclic) bond motifs is 3. The van der Waals surface area contributed by atoms with E-state index in [-0.39, 0.29) is 23.8 Å². The Morgan fingerprint density at radius 3 is 2.46 bits per heavy atom. The third-order valence-electron chi connectivity index (χ3n) is 6.49. The van der Waals surface area contributed by atoms with Crippen molar-refractivity contribution in [1.82, 2.24) is 0 Å². The lowest BCUT2D eigenvalue weighted by molar-refractivity contribution is -0.137. The van der Waals surface area contributed by atoms with Crippen LogP contribution in [0.3, 0.4) is 0 Å². The van der Waals surface area contributed by atoms with Gasteiger partial charge in [0.1, 0.15) is 11.6 Å². The number of anilines is 2. The molecule has 1 saturated heterocycles. The fourth-order valence-electron chi connectivity index (χ4n) is 4.87. The Hall–Kier alpha value is -3.41. The summed E-state index contributed by atoms with van der Waals surface area (Å²) >= 11 is 0. The van der Waals surface area contributed by atoms with Crippen LogP contribution in [-0.4, -0.2) is 34.2 Å². The van der Waals surface area contributed by atoms with Gasteiger partial charge >= 0.3 is 12.8 Å². The second-order valence-corrected chi connectivity index (χ2v) is 10.7. The number of sulfonamides is 1. The van der Waals surface area contributed by atoms with Gasteiger partial charge in [0.05, 0.1) is 28.4 Å². The summed E-state index contributed by atoms with van der Waals surface area (Å²) in [6.45, 7) is -2.49. The topological polar surface area (TPSA) is 49.9 Å². The molecule has 0 amide bonds. The molecule has 12 heteroatoms. The molecule has 196 valence electrons. The molecular formula is C25H20F6N2O3S. The highest BCUT2D eigenvalue weighted by Crippen LogP contribution is 2.44. The molecule has 1 fully saturated rings. The van der Waals surface area contributed by atoms with Crippen molar-refractivity contribution < 1.29 is 39.5 Å². The monoisotopic (exact) mass is 542 g/mol. The molecule has 2 aliphatic rings. The fourth-order valence-corrected chi connectivity index (χ4v) is 6.42. The minimum Gasteiger partial charge on any atom is -0.435 e. The van der Waals surface area contributed by atoms with Crippen molar-refractivity contribution in [3.05, 3.63) is 72.0 Å². The molecule has 2 heterocycles. The smallest absolute Gasteiger partial charge is 0.416 e. The standard InChI is InChI=1S/C25H20F6N2O3S/c26-18-9-16(10-20(13-18)36-24(27)28)15-6-7-22-23(11-15)33(14-19-4-2-8-32(19)22)37(34,35)21-5-1-3-17(12-21)25(29,30)31/h1,3,5-7,9-13,19,24H,2,4,8,14H2/t19-/m0/s1. The summed E-state index contributed by atoms with van der Waals surface area (Å²) in [5, 5.41) is 0. The van der Waals surface area contributed by atoms with Crippen LogP contribution < -0.4 is 13.9 Å². The molecule has 5 nitrogen and oxygen atoms in total. The molecule has 0 aliphatic carbocycles. The number of nitrogens with zero attached hydrogens (tertiary/aromatic N) is 2. The lowest BCUT2D eigenvalue weighted by atomic mass is 10.0. The van der Waals surface area contributed by atoms with Crippen LogP contribution in [0.5, 0.6) is 5.75 Å². The van der Waals surface area contributed by atoms with E-state index in [9.17, 15) is 34.8 Å². The maximum Gasteiger partial charge on any atom is 0.416 e. The normalized spacial score (nSPS) is 17.6. The third-order valence-corrected chi connectivity index (χ3v) is 8.26. The molecule has 0 spiro atoms. The zero-order valence-electron chi connectivity index (χ0n) is 19.1. The van der Waals surface area contributed by atoms with Crippen molar-refractivity contribution in [1.29, 1.82) is 0 Å². The first kappa shape index (κ1) is 25.2. The molecule has 3 aromatic rings. The van der Waals surface area contributed by atoms with Crippen LogP contribution in [0.4, 0.5) is 37.7 Å². The Balaban J connectivity index is 1.62. The van der Waals surface area contributed by atoms with Gasteiger partial charge in [0, 0.05) is 18.7 Å². The number of hydrogen-bond acceptors (Lipinski definition) is 4. The predicted molar refractivity (Wildman–Crippen MR) is 125 cm³/mol.